The third-order valence-electron chi connectivity index (χ3n) is 3.49. The summed E-state index contributed by atoms with van der Waals surface area (Å²) in [6.45, 7) is 0.236. The molecule has 0 spiro atoms. The number of carboxylic acid groups (broad SMARTS) is 1. The summed E-state index contributed by atoms with van der Waals surface area (Å²) >= 11 is 0. The Bertz CT molecular complexity index is 660. The minimum Gasteiger partial charge on any atom is -0.481 e. The minimum absolute atomic E-state index is 0.0371. The maximum Gasteiger partial charge on any atom is 0.305 e. The normalized spacial score (nSPS) is 14.4. The number of carbonyl (C=O) groups excluding carboxylic acids is 1. The van der Waals surface area contributed by atoms with Gasteiger partial charge in [-0.15, -0.1) is 0 Å². The van der Waals surface area contributed by atoms with E-state index in [-0.39, 0.29) is 24.9 Å². The van der Waals surface area contributed by atoms with Crippen LogP contribution in [0.2, 0.25) is 0 Å². The smallest absolute Gasteiger partial charge is 0.305 e. The Kier molecular flexibility index (Phi) is 3.14. The van der Waals surface area contributed by atoms with E-state index in [0.29, 0.717) is 5.69 Å². The molecule has 0 atom stereocenters. The van der Waals surface area contributed by atoms with Gasteiger partial charge in [0.2, 0.25) is 0 Å². The van der Waals surface area contributed by atoms with Crippen LogP contribution in [0.5, 0.6) is 0 Å². The van der Waals surface area contributed by atoms with E-state index in [1.54, 1.807) is 4.90 Å². The van der Waals surface area contributed by atoms with Crippen molar-refractivity contribution >= 4 is 22.8 Å². The molecule has 1 aliphatic rings. The molecule has 1 saturated carbocycles. The number of nitrogens with one attached hydrogen (secondary N) is 1. The molecule has 6 nitrogen and oxygen atoms in total. The highest BCUT2D eigenvalue weighted by Crippen LogP contribution is 2.29. The number of aliphatic carboxylic acids is 1. The van der Waals surface area contributed by atoms with Crippen molar-refractivity contribution in [3.8, 4) is 0 Å². The Morgan fingerprint density at radius 1 is 1.35 bits per heavy atom. The molecular weight excluding hydrogens is 258 g/mol. The number of fused-ring (bicyclic) bond motifs is 1. The molecule has 1 heterocycles. The lowest BCUT2D eigenvalue weighted by molar-refractivity contribution is -0.137. The molecule has 1 aromatic heterocycles. The second kappa shape index (κ2) is 4.96. The maximum atomic E-state index is 12.6. The summed E-state index contributed by atoms with van der Waals surface area (Å²) in [4.78, 5) is 24.9. The Morgan fingerprint density at radius 3 is 2.80 bits per heavy atom. The van der Waals surface area contributed by atoms with Crippen LogP contribution < -0.4 is 0 Å². The Labute approximate surface area is 115 Å². The summed E-state index contributed by atoms with van der Waals surface area (Å²) in [5, 5.41) is 16.5. The molecule has 1 fully saturated rings. The van der Waals surface area contributed by atoms with Crippen molar-refractivity contribution in [2.45, 2.75) is 25.3 Å². The van der Waals surface area contributed by atoms with Crippen LogP contribution in [0.4, 0.5) is 0 Å². The molecule has 1 amide bonds. The third kappa shape index (κ3) is 2.36. The summed E-state index contributed by atoms with van der Waals surface area (Å²) in [5.41, 5.74) is 1.18. The molecule has 3 rings (SSSR count). The molecule has 0 aliphatic heterocycles. The molecule has 104 valence electrons. The van der Waals surface area contributed by atoms with E-state index in [2.05, 4.69) is 10.2 Å². The predicted molar refractivity (Wildman–Crippen MR) is 72.4 cm³/mol. The third-order valence-corrected chi connectivity index (χ3v) is 3.49. The van der Waals surface area contributed by atoms with Crippen molar-refractivity contribution in [1.82, 2.24) is 15.1 Å². The van der Waals surface area contributed by atoms with Crippen LogP contribution in [-0.4, -0.2) is 44.7 Å². The number of hydrogen-bond acceptors (Lipinski definition) is 3. The topological polar surface area (TPSA) is 86.3 Å². The number of nitrogens with zero attached hydrogens (tertiary/aromatic N) is 2. The Hall–Kier alpha value is -2.37. The van der Waals surface area contributed by atoms with Crippen LogP contribution in [0.15, 0.2) is 24.3 Å². The van der Waals surface area contributed by atoms with Crippen molar-refractivity contribution in [2.24, 2.45) is 0 Å². The number of hydrogen-bond donors (Lipinski definition) is 2. The number of benzene rings is 1. The minimum atomic E-state index is -0.893. The molecule has 1 aromatic carbocycles. The van der Waals surface area contributed by atoms with Gasteiger partial charge in [-0.1, -0.05) is 18.2 Å². The van der Waals surface area contributed by atoms with Crippen LogP contribution in [0, 0.1) is 0 Å². The number of para-hydroxylation sites is 1. The number of amides is 1. The number of carboxylic acids is 1. The number of carbonyl (C=O) groups is 2. The van der Waals surface area contributed by atoms with Gasteiger partial charge >= 0.3 is 5.97 Å². The molecule has 2 aromatic rings. The molecule has 0 bridgehead atoms. The average molecular weight is 273 g/mol. The number of aromatic amines is 1. The first-order chi connectivity index (χ1) is 9.66. The fraction of sp³-hybridized carbons (Fsp3) is 0.357. The zero-order chi connectivity index (χ0) is 14.1. The van der Waals surface area contributed by atoms with Gasteiger partial charge < -0.3 is 10.0 Å². The summed E-state index contributed by atoms with van der Waals surface area (Å²) in [5.74, 6) is -1.08. The van der Waals surface area contributed by atoms with Gasteiger partial charge in [-0.3, -0.25) is 14.7 Å². The van der Waals surface area contributed by atoms with Crippen molar-refractivity contribution < 1.29 is 14.7 Å². The van der Waals surface area contributed by atoms with E-state index < -0.39 is 5.97 Å². The zero-order valence-electron chi connectivity index (χ0n) is 10.9. The molecular formula is C14H15N3O3. The van der Waals surface area contributed by atoms with Gasteiger partial charge in [0.05, 0.1) is 11.9 Å². The van der Waals surface area contributed by atoms with Gasteiger partial charge in [0, 0.05) is 18.0 Å². The van der Waals surface area contributed by atoms with Gasteiger partial charge in [0.15, 0.2) is 5.69 Å². The highest BCUT2D eigenvalue weighted by molar-refractivity contribution is 6.04. The van der Waals surface area contributed by atoms with E-state index in [4.69, 9.17) is 5.11 Å². The van der Waals surface area contributed by atoms with E-state index in [1.165, 1.54) is 0 Å². The predicted octanol–water partition coefficient (Wildman–Crippen LogP) is 1.64. The molecule has 20 heavy (non-hydrogen) atoms. The summed E-state index contributed by atoms with van der Waals surface area (Å²) in [7, 11) is 0. The fourth-order valence-electron chi connectivity index (χ4n) is 2.31. The molecule has 6 heteroatoms. The first-order valence-corrected chi connectivity index (χ1v) is 6.62. The average Bonchev–Trinajstić information content (AvgIpc) is 3.17. The maximum absolute atomic E-state index is 12.6. The lowest BCUT2D eigenvalue weighted by atomic mass is 10.2. The first kappa shape index (κ1) is 12.7. The van der Waals surface area contributed by atoms with Crippen LogP contribution in [-0.2, 0) is 4.79 Å². The van der Waals surface area contributed by atoms with Gasteiger partial charge in [-0.2, -0.15) is 5.10 Å². The standard InChI is InChI=1S/C14H15N3O3/c18-12(19)7-8-17(9-5-6-9)14(20)13-10-3-1-2-4-11(10)15-16-13/h1-4,9H,5-8H2,(H,15,16)(H,18,19). The molecule has 0 radical (unpaired) electrons. The first-order valence-electron chi connectivity index (χ1n) is 6.62. The van der Waals surface area contributed by atoms with Crippen LogP contribution >= 0.6 is 0 Å². The quantitative estimate of drug-likeness (QED) is 0.867. The summed E-state index contributed by atoms with van der Waals surface area (Å²) in [6, 6.07) is 7.59. The monoisotopic (exact) mass is 273 g/mol. The Morgan fingerprint density at radius 2 is 2.10 bits per heavy atom. The SMILES string of the molecule is O=C(O)CCN(C(=O)c1n[nH]c2ccccc12)C1CC1. The number of aromatic nitrogens is 2. The van der Waals surface area contributed by atoms with Gasteiger partial charge in [0.25, 0.3) is 5.91 Å². The van der Waals surface area contributed by atoms with E-state index in [1.807, 2.05) is 24.3 Å². The van der Waals surface area contributed by atoms with E-state index >= 15 is 0 Å². The van der Waals surface area contributed by atoms with Crippen LogP contribution in [0.1, 0.15) is 29.8 Å². The van der Waals surface area contributed by atoms with Crippen molar-refractivity contribution in [3.05, 3.63) is 30.0 Å². The van der Waals surface area contributed by atoms with Gasteiger partial charge in [0.1, 0.15) is 0 Å². The van der Waals surface area contributed by atoms with Gasteiger partial charge in [-0.05, 0) is 18.9 Å². The van der Waals surface area contributed by atoms with E-state index in [9.17, 15) is 9.59 Å². The van der Waals surface area contributed by atoms with Crippen molar-refractivity contribution in [2.75, 3.05) is 6.54 Å². The highest BCUT2D eigenvalue weighted by atomic mass is 16.4. The fourth-order valence-corrected chi connectivity index (χ4v) is 2.31. The number of H-pyrrole nitrogens is 1. The van der Waals surface area contributed by atoms with E-state index in [0.717, 1.165) is 23.7 Å². The Balaban J connectivity index is 1.87. The van der Waals surface area contributed by atoms with Gasteiger partial charge in [-0.25, -0.2) is 0 Å². The van der Waals surface area contributed by atoms with Crippen molar-refractivity contribution in [1.29, 1.82) is 0 Å². The molecule has 2 N–H and O–H groups in total. The largest absolute Gasteiger partial charge is 0.481 e. The van der Waals surface area contributed by atoms with Crippen LogP contribution in [0.3, 0.4) is 0 Å². The second-order valence-electron chi connectivity index (χ2n) is 4.99. The molecule has 1 aliphatic carbocycles. The summed E-state index contributed by atoms with van der Waals surface area (Å²) < 4.78 is 0. The lowest BCUT2D eigenvalue weighted by Gasteiger charge is -2.20. The second-order valence-corrected chi connectivity index (χ2v) is 4.99. The summed E-state index contributed by atoms with van der Waals surface area (Å²) in [6.07, 6.45) is 1.84. The number of rotatable bonds is 5. The van der Waals surface area contributed by atoms with Crippen LogP contribution in [0.25, 0.3) is 10.9 Å². The lowest BCUT2D eigenvalue weighted by Crippen LogP contribution is -2.35. The molecule has 0 saturated heterocycles. The van der Waals surface area contributed by atoms with Crippen molar-refractivity contribution in [3.63, 3.8) is 0 Å². The zero-order valence-corrected chi connectivity index (χ0v) is 10.9. The highest BCUT2D eigenvalue weighted by Gasteiger charge is 2.34. The molecule has 0 unspecified atom stereocenters.